The molecule has 30 heavy (non-hydrogen) atoms. The normalized spacial score (nSPS) is 24.8. The molecule has 0 amide bonds. The molecule has 1 heterocycles. The maximum Gasteiger partial charge on any atom is 0.331 e. The lowest BCUT2D eigenvalue weighted by Crippen LogP contribution is -2.61. The molecule has 1 aliphatic heterocycles. The summed E-state index contributed by atoms with van der Waals surface area (Å²) in [6.45, 7) is 2.84. The summed E-state index contributed by atoms with van der Waals surface area (Å²) in [4.78, 5) is 36.2. The molecule has 1 aromatic rings. The number of carbonyl (C=O) groups is 2. The van der Waals surface area contributed by atoms with E-state index < -0.39 is 28.3 Å². The molecule has 9 nitrogen and oxygen atoms in total. The van der Waals surface area contributed by atoms with E-state index in [1.807, 2.05) is 4.90 Å². The van der Waals surface area contributed by atoms with Gasteiger partial charge in [-0.15, -0.1) is 0 Å². The lowest BCUT2D eigenvalue weighted by atomic mass is 9.74. The van der Waals surface area contributed by atoms with Crippen molar-refractivity contribution in [2.75, 3.05) is 19.7 Å². The summed E-state index contributed by atoms with van der Waals surface area (Å²) in [5.41, 5.74) is -1.43. The predicted molar refractivity (Wildman–Crippen MR) is 107 cm³/mol. The van der Waals surface area contributed by atoms with Crippen molar-refractivity contribution >= 4 is 17.6 Å². The van der Waals surface area contributed by atoms with Gasteiger partial charge in [-0.05, 0) is 37.9 Å². The number of para-hydroxylation sites is 2. The summed E-state index contributed by atoms with van der Waals surface area (Å²) in [6, 6.07) is 6.19. The van der Waals surface area contributed by atoms with E-state index >= 15 is 0 Å². The van der Waals surface area contributed by atoms with Crippen LogP contribution >= 0.6 is 0 Å². The van der Waals surface area contributed by atoms with Crippen molar-refractivity contribution in [3.63, 3.8) is 0 Å². The molecule has 160 valence electrons. The Labute approximate surface area is 173 Å². The first-order chi connectivity index (χ1) is 14.3. The zero-order valence-corrected chi connectivity index (χ0v) is 16.6. The number of carboxylic acid groups (broad SMARTS) is 2. The van der Waals surface area contributed by atoms with E-state index in [0.717, 1.165) is 0 Å². The molecule has 2 unspecified atom stereocenters. The van der Waals surface area contributed by atoms with Gasteiger partial charge in [-0.3, -0.25) is 15.0 Å². The number of rotatable bonds is 7. The minimum absolute atomic E-state index is 0.0711. The van der Waals surface area contributed by atoms with Crippen LogP contribution in [0.15, 0.2) is 48.1 Å². The van der Waals surface area contributed by atoms with Gasteiger partial charge in [0.2, 0.25) is 0 Å². The van der Waals surface area contributed by atoms with Crippen molar-refractivity contribution in [3.8, 4) is 5.75 Å². The fourth-order valence-corrected chi connectivity index (χ4v) is 4.26. The molecule has 0 radical (unpaired) electrons. The highest BCUT2D eigenvalue weighted by atomic mass is 16.6. The molecule has 1 saturated heterocycles. The number of likely N-dealkylation sites (tertiary alicyclic amines) is 1. The molecular formula is C21H24N2O7. The second-order valence-corrected chi connectivity index (χ2v) is 7.60. The predicted octanol–water partition coefficient (Wildman–Crippen LogP) is 2.73. The van der Waals surface area contributed by atoms with Crippen LogP contribution in [0.5, 0.6) is 5.75 Å². The first kappa shape index (κ1) is 21.5. The Hall–Kier alpha value is -3.20. The Morgan fingerprint density at radius 3 is 2.53 bits per heavy atom. The van der Waals surface area contributed by atoms with E-state index in [9.17, 15) is 29.9 Å². The summed E-state index contributed by atoms with van der Waals surface area (Å²) in [5.74, 6) is -2.58. The molecule has 0 spiro atoms. The van der Waals surface area contributed by atoms with Gasteiger partial charge in [-0.25, -0.2) is 9.59 Å². The standard InChI is InChI=1S/C21H24N2O7/c1-14-16(19(24)25)5-4-10-21(14,20(26)27)22-11-8-15(9-12-22)13-30-18-7-3-2-6-17(18)23(28)29/h2-7,10,14-15H,8-9,11-13H2,1H3,(H,24,25)(H,26,27). The van der Waals surface area contributed by atoms with E-state index in [1.54, 1.807) is 31.2 Å². The zero-order valence-electron chi connectivity index (χ0n) is 16.6. The zero-order chi connectivity index (χ0) is 21.9. The van der Waals surface area contributed by atoms with E-state index in [4.69, 9.17) is 4.74 Å². The fraction of sp³-hybridized carbons (Fsp3) is 0.429. The number of allylic oxidation sites excluding steroid dienone is 2. The third-order valence-corrected chi connectivity index (χ3v) is 6.02. The van der Waals surface area contributed by atoms with Crippen LogP contribution in [-0.2, 0) is 9.59 Å². The molecule has 0 aromatic heterocycles. The molecule has 1 aromatic carbocycles. The van der Waals surface area contributed by atoms with Gasteiger partial charge in [0.05, 0.1) is 11.5 Å². The van der Waals surface area contributed by atoms with Crippen molar-refractivity contribution < 1.29 is 29.5 Å². The molecule has 9 heteroatoms. The SMILES string of the molecule is CC1C(C(=O)O)=CC=CC1(C(=O)O)N1CCC(COc2ccccc2[N+](=O)[O-])CC1. The number of nitro benzene ring substituents is 1. The molecule has 2 atom stereocenters. The van der Waals surface area contributed by atoms with E-state index in [2.05, 4.69) is 0 Å². The van der Waals surface area contributed by atoms with Gasteiger partial charge >= 0.3 is 17.6 Å². The highest BCUT2D eigenvalue weighted by Gasteiger charge is 2.51. The Bertz CT molecular complexity index is 902. The van der Waals surface area contributed by atoms with Crippen molar-refractivity contribution in [1.29, 1.82) is 0 Å². The van der Waals surface area contributed by atoms with Gasteiger partial charge in [-0.2, -0.15) is 0 Å². The van der Waals surface area contributed by atoms with Crippen LogP contribution in [0.3, 0.4) is 0 Å². The average Bonchev–Trinajstić information content (AvgIpc) is 2.72. The molecular weight excluding hydrogens is 392 g/mol. The highest BCUT2D eigenvalue weighted by Crippen LogP contribution is 2.38. The molecule has 3 rings (SSSR count). The third kappa shape index (κ3) is 3.93. The number of nitrogens with zero attached hydrogens (tertiary/aromatic N) is 2. The van der Waals surface area contributed by atoms with Crippen LogP contribution in [0.1, 0.15) is 19.8 Å². The van der Waals surface area contributed by atoms with Crippen LogP contribution in [0.25, 0.3) is 0 Å². The van der Waals surface area contributed by atoms with Gasteiger partial charge in [0.25, 0.3) is 0 Å². The minimum atomic E-state index is -1.41. The minimum Gasteiger partial charge on any atom is -0.487 e. The second-order valence-electron chi connectivity index (χ2n) is 7.60. The van der Waals surface area contributed by atoms with E-state index in [1.165, 1.54) is 18.2 Å². The highest BCUT2D eigenvalue weighted by molar-refractivity contribution is 5.92. The van der Waals surface area contributed by atoms with Crippen LogP contribution < -0.4 is 4.74 Å². The Kier molecular flexibility index (Phi) is 6.21. The molecule has 1 fully saturated rings. The van der Waals surface area contributed by atoms with E-state index in [-0.39, 0.29) is 22.9 Å². The number of hydrogen-bond donors (Lipinski definition) is 2. The summed E-state index contributed by atoms with van der Waals surface area (Å²) in [6.07, 6.45) is 5.80. The Morgan fingerprint density at radius 2 is 1.93 bits per heavy atom. The Balaban J connectivity index is 1.67. The number of ether oxygens (including phenoxy) is 1. The molecule has 2 N–H and O–H groups in total. The monoisotopic (exact) mass is 416 g/mol. The summed E-state index contributed by atoms with van der Waals surface area (Å²) >= 11 is 0. The third-order valence-electron chi connectivity index (χ3n) is 6.02. The molecule has 0 bridgehead atoms. The van der Waals surface area contributed by atoms with Crippen LogP contribution in [0, 0.1) is 22.0 Å². The topological polar surface area (TPSA) is 130 Å². The molecule has 0 saturated carbocycles. The number of aliphatic carboxylic acids is 2. The lowest BCUT2D eigenvalue weighted by molar-refractivity contribution is -0.385. The average molecular weight is 416 g/mol. The van der Waals surface area contributed by atoms with Crippen molar-refractivity contribution in [3.05, 3.63) is 58.2 Å². The molecule has 1 aliphatic carbocycles. The van der Waals surface area contributed by atoms with Gasteiger partial charge in [0, 0.05) is 17.6 Å². The number of piperidine rings is 1. The first-order valence-corrected chi connectivity index (χ1v) is 9.74. The number of carboxylic acids is 2. The summed E-state index contributed by atoms with van der Waals surface area (Å²) in [5, 5.41) is 30.5. The lowest BCUT2D eigenvalue weighted by Gasteiger charge is -2.46. The Morgan fingerprint density at radius 1 is 1.27 bits per heavy atom. The second kappa shape index (κ2) is 8.66. The van der Waals surface area contributed by atoms with E-state index in [0.29, 0.717) is 32.5 Å². The van der Waals surface area contributed by atoms with Crippen LogP contribution in [-0.4, -0.2) is 57.2 Å². The summed E-state index contributed by atoms with van der Waals surface area (Å²) in [7, 11) is 0. The first-order valence-electron chi connectivity index (χ1n) is 9.74. The van der Waals surface area contributed by atoms with Gasteiger partial charge in [0.15, 0.2) is 5.75 Å². The number of benzene rings is 1. The van der Waals surface area contributed by atoms with Crippen molar-refractivity contribution in [1.82, 2.24) is 4.90 Å². The number of hydrogen-bond acceptors (Lipinski definition) is 6. The fourth-order valence-electron chi connectivity index (χ4n) is 4.26. The quantitative estimate of drug-likeness (QED) is 0.512. The largest absolute Gasteiger partial charge is 0.487 e. The van der Waals surface area contributed by atoms with Crippen LogP contribution in [0.2, 0.25) is 0 Å². The van der Waals surface area contributed by atoms with Crippen LogP contribution in [0.4, 0.5) is 5.69 Å². The van der Waals surface area contributed by atoms with Crippen molar-refractivity contribution in [2.45, 2.75) is 25.3 Å². The van der Waals surface area contributed by atoms with Crippen molar-refractivity contribution in [2.24, 2.45) is 11.8 Å². The van der Waals surface area contributed by atoms with Gasteiger partial charge in [-0.1, -0.05) is 37.3 Å². The maximum atomic E-state index is 12.2. The smallest absolute Gasteiger partial charge is 0.331 e. The molecule has 2 aliphatic rings. The maximum absolute atomic E-state index is 12.2. The van der Waals surface area contributed by atoms with Gasteiger partial charge < -0.3 is 14.9 Å². The van der Waals surface area contributed by atoms with Gasteiger partial charge in [0.1, 0.15) is 5.54 Å². The summed E-state index contributed by atoms with van der Waals surface area (Å²) < 4.78 is 5.68. The number of nitro groups is 1.